The molecule has 196 valence electrons. The molecule has 0 radical (unpaired) electrons. The summed E-state index contributed by atoms with van der Waals surface area (Å²) in [6, 6.07) is 24.0. The molecule has 7 heteroatoms. The average Bonchev–Trinajstić information content (AvgIpc) is 3.39. The van der Waals surface area contributed by atoms with E-state index < -0.39 is 0 Å². The number of hydrogen-bond acceptors (Lipinski definition) is 4. The monoisotopic (exact) mass is 520 g/mol. The lowest BCUT2D eigenvalue weighted by Gasteiger charge is -2.34. The summed E-state index contributed by atoms with van der Waals surface area (Å²) in [6.07, 6.45) is 3.87. The van der Waals surface area contributed by atoms with Gasteiger partial charge in [0.25, 0.3) is 0 Å². The molecule has 0 unspecified atom stereocenters. The highest BCUT2D eigenvalue weighted by molar-refractivity contribution is 5.89. The molecule has 1 amide bonds. The summed E-state index contributed by atoms with van der Waals surface area (Å²) in [5, 5.41) is 12.1. The second-order valence-electron chi connectivity index (χ2n) is 10.0. The molecule has 39 heavy (non-hydrogen) atoms. The number of nitrogens with zero attached hydrogens (tertiary/aromatic N) is 3. The number of nitrogens with one attached hydrogen (secondary N) is 1. The van der Waals surface area contributed by atoms with Crippen LogP contribution in [0.4, 0.5) is 4.39 Å². The molecule has 6 rings (SSSR count). The van der Waals surface area contributed by atoms with Crippen molar-refractivity contribution in [1.82, 2.24) is 19.8 Å². The van der Waals surface area contributed by atoms with Crippen LogP contribution in [-0.4, -0.2) is 57.0 Å². The standard InChI is InChI=1S/C32H29FN4O2/c33-26-10-6-23(7-11-26)21-36-14-16-37(17-15-36)31(38)18-22-4-8-24(9-5-22)27-2-1-3-28(32(27)39)30-19-25-20-34-13-12-29(25)35-30/h1-13,19-20,35,39H,14-18,21H2. The molecule has 5 aromatic rings. The highest BCUT2D eigenvalue weighted by atomic mass is 19.1. The fourth-order valence-electron chi connectivity index (χ4n) is 5.20. The number of pyridine rings is 1. The zero-order valence-electron chi connectivity index (χ0n) is 21.5. The van der Waals surface area contributed by atoms with Gasteiger partial charge in [-0.15, -0.1) is 0 Å². The van der Waals surface area contributed by atoms with E-state index >= 15 is 0 Å². The van der Waals surface area contributed by atoms with E-state index in [-0.39, 0.29) is 17.5 Å². The largest absolute Gasteiger partial charge is 0.507 e. The van der Waals surface area contributed by atoms with Crippen molar-refractivity contribution < 1.29 is 14.3 Å². The number of hydrogen-bond donors (Lipinski definition) is 2. The Bertz CT molecular complexity index is 1570. The number of amides is 1. The SMILES string of the molecule is O=C(Cc1ccc(-c2cccc(-c3cc4cnccc4[nH]3)c2O)cc1)N1CCN(Cc2ccc(F)cc2)CC1. The fourth-order valence-corrected chi connectivity index (χ4v) is 5.20. The molecular formula is C32H29FN4O2. The first-order chi connectivity index (χ1) is 19.0. The van der Waals surface area contributed by atoms with Gasteiger partial charge in [0.15, 0.2) is 0 Å². The molecule has 0 atom stereocenters. The maximum atomic E-state index is 13.2. The number of aromatic nitrogens is 2. The predicted octanol–water partition coefficient (Wildman–Crippen LogP) is 5.63. The zero-order valence-corrected chi connectivity index (χ0v) is 21.5. The summed E-state index contributed by atoms with van der Waals surface area (Å²) in [5.74, 6) is 0.0949. The van der Waals surface area contributed by atoms with Crippen molar-refractivity contribution in [2.75, 3.05) is 26.2 Å². The van der Waals surface area contributed by atoms with E-state index in [0.29, 0.717) is 19.5 Å². The van der Waals surface area contributed by atoms with Crippen LogP contribution < -0.4 is 0 Å². The van der Waals surface area contributed by atoms with E-state index in [9.17, 15) is 14.3 Å². The van der Waals surface area contributed by atoms with Gasteiger partial charge in [-0.1, -0.05) is 48.5 Å². The van der Waals surface area contributed by atoms with Crippen molar-refractivity contribution in [2.24, 2.45) is 0 Å². The minimum Gasteiger partial charge on any atom is -0.507 e. The van der Waals surface area contributed by atoms with Crippen LogP contribution in [0.15, 0.2) is 91.3 Å². The van der Waals surface area contributed by atoms with E-state index in [2.05, 4.69) is 14.9 Å². The lowest BCUT2D eigenvalue weighted by molar-refractivity contribution is -0.132. The first-order valence-electron chi connectivity index (χ1n) is 13.1. The van der Waals surface area contributed by atoms with Gasteiger partial charge >= 0.3 is 0 Å². The molecule has 6 nitrogen and oxygen atoms in total. The van der Waals surface area contributed by atoms with E-state index in [1.807, 2.05) is 71.6 Å². The summed E-state index contributed by atoms with van der Waals surface area (Å²) in [6.45, 7) is 3.72. The Morgan fingerprint density at radius 2 is 1.62 bits per heavy atom. The second kappa shape index (κ2) is 10.7. The Morgan fingerprint density at radius 3 is 2.36 bits per heavy atom. The molecule has 1 fully saturated rings. The van der Waals surface area contributed by atoms with Crippen molar-refractivity contribution in [2.45, 2.75) is 13.0 Å². The number of halogens is 1. The quantitative estimate of drug-likeness (QED) is 0.305. The van der Waals surface area contributed by atoms with Crippen molar-refractivity contribution >= 4 is 16.8 Å². The topological polar surface area (TPSA) is 72.5 Å². The van der Waals surface area contributed by atoms with E-state index in [4.69, 9.17) is 0 Å². The summed E-state index contributed by atoms with van der Waals surface area (Å²) >= 11 is 0. The van der Waals surface area contributed by atoms with Crippen LogP contribution in [-0.2, 0) is 17.8 Å². The fraction of sp³-hybridized carbons (Fsp3) is 0.188. The van der Waals surface area contributed by atoms with E-state index in [1.165, 1.54) is 12.1 Å². The number of benzene rings is 3. The van der Waals surface area contributed by atoms with E-state index in [0.717, 1.165) is 64.0 Å². The number of para-hydroxylation sites is 1. The van der Waals surface area contributed by atoms with Gasteiger partial charge in [0.2, 0.25) is 5.91 Å². The first-order valence-corrected chi connectivity index (χ1v) is 13.1. The minimum absolute atomic E-state index is 0.113. The number of carbonyl (C=O) groups excluding carboxylic acids is 1. The number of aromatic amines is 1. The third-order valence-corrected chi connectivity index (χ3v) is 7.41. The Kier molecular flexibility index (Phi) is 6.82. The number of aromatic hydroxyl groups is 1. The molecule has 3 heterocycles. The van der Waals surface area contributed by atoms with Crippen molar-refractivity contribution in [3.8, 4) is 28.1 Å². The van der Waals surface area contributed by atoms with Crippen LogP contribution in [0.25, 0.3) is 33.3 Å². The lowest BCUT2D eigenvalue weighted by atomic mass is 9.98. The molecule has 1 saturated heterocycles. The molecule has 2 aromatic heterocycles. The molecule has 0 bridgehead atoms. The number of rotatable bonds is 6. The van der Waals surface area contributed by atoms with Gasteiger partial charge in [-0.25, -0.2) is 4.39 Å². The van der Waals surface area contributed by atoms with Gasteiger partial charge in [0.05, 0.1) is 12.1 Å². The molecule has 2 N–H and O–H groups in total. The van der Waals surface area contributed by atoms with Gasteiger partial charge in [-0.2, -0.15) is 0 Å². The maximum Gasteiger partial charge on any atom is 0.227 e. The van der Waals surface area contributed by atoms with Crippen molar-refractivity contribution in [1.29, 1.82) is 0 Å². The number of fused-ring (bicyclic) bond motifs is 1. The smallest absolute Gasteiger partial charge is 0.227 e. The van der Waals surface area contributed by atoms with Crippen LogP contribution in [0, 0.1) is 5.82 Å². The Balaban J connectivity index is 1.09. The third-order valence-electron chi connectivity index (χ3n) is 7.41. The maximum absolute atomic E-state index is 13.2. The Morgan fingerprint density at radius 1 is 0.897 bits per heavy atom. The van der Waals surface area contributed by atoms with Crippen molar-refractivity contribution in [3.63, 3.8) is 0 Å². The van der Waals surface area contributed by atoms with Gasteiger partial charge < -0.3 is 15.0 Å². The number of piperazine rings is 1. The highest BCUT2D eigenvalue weighted by Gasteiger charge is 2.21. The average molecular weight is 521 g/mol. The normalized spacial score (nSPS) is 14.1. The number of carbonyl (C=O) groups is 1. The molecule has 1 aliphatic rings. The van der Waals surface area contributed by atoms with Crippen LogP contribution in [0.1, 0.15) is 11.1 Å². The Labute approximate surface area is 226 Å². The van der Waals surface area contributed by atoms with Gasteiger partial charge in [-0.3, -0.25) is 14.7 Å². The number of H-pyrrole nitrogens is 1. The Hall–Kier alpha value is -4.49. The van der Waals surface area contributed by atoms with Crippen LogP contribution >= 0.6 is 0 Å². The number of phenols is 1. The third kappa shape index (κ3) is 5.40. The molecule has 0 spiro atoms. The molecule has 0 saturated carbocycles. The highest BCUT2D eigenvalue weighted by Crippen LogP contribution is 2.38. The van der Waals surface area contributed by atoms with Gasteiger partial charge in [0.1, 0.15) is 11.6 Å². The second-order valence-corrected chi connectivity index (χ2v) is 10.0. The van der Waals surface area contributed by atoms with E-state index in [1.54, 1.807) is 12.4 Å². The summed E-state index contributed by atoms with van der Waals surface area (Å²) in [4.78, 5) is 24.7. The number of phenolic OH excluding ortho intramolecular Hbond substituents is 1. The summed E-state index contributed by atoms with van der Waals surface area (Å²) in [7, 11) is 0. The summed E-state index contributed by atoms with van der Waals surface area (Å²) in [5.41, 5.74) is 6.16. The van der Waals surface area contributed by atoms with Crippen LogP contribution in [0.5, 0.6) is 5.75 Å². The van der Waals surface area contributed by atoms with Crippen LogP contribution in [0.2, 0.25) is 0 Å². The molecule has 0 aliphatic carbocycles. The minimum atomic E-state index is -0.226. The molecular weight excluding hydrogens is 491 g/mol. The summed E-state index contributed by atoms with van der Waals surface area (Å²) < 4.78 is 13.2. The molecule has 3 aromatic carbocycles. The first kappa shape index (κ1) is 24.8. The van der Waals surface area contributed by atoms with Crippen molar-refractivity contribution in [3.05, 3.63) is 108 Å². The zero-order chi connectivity index (χ0) is 26.8. The predicted molar refractivity (Wildman–Crippen MR) is 151 cm³/mol. The lowest BCUT2D eigenvalue weighted by Crippen LogP contribution is -2.48. The van der Waals surface area contributed by atoms with Gasteiger partial charge in [-0.05, 0) is 47.0 Å². The van der Waals surface area contributed by atoms with Gasteiger partial charge in [0, 0.05) is 67.1 Å². The molecule has 1 aliphatic heterocycles. The van der Waals surface area contributed by atoms with Crippen LogP contribution in [0.3, 0.4) is 0 Å².